The Balaban J connectivity index is 2.24. The van der Waals surface area contributed by atoms with Crippen LogP contribution < -0.4 is 5.32 Å². The molecule has 2 rings (SSSR count). The maximum atomic E-state index is 11.3. The van der Waals surface area contributed by atoms with Gasteiger partial charge in [-0.3, -0.25) is 10.1 Å². The Morgan fingerprint density at radius 3 is 2.33 bits per heavy atom. The van der Waals surface area contributed by atoms with Crippen LogP contribution >= 0.6 is 0 Å². The highest BCUT2D eigenvalue weighted by atomic mass is 16.2. The van der Waals surface area contributed by atoms with Crippen LogP contribution in [0.5, 0.6) is 0 Å². The molecule has 3 amide bonds. The minimum Gasteiger partial charge on any atom is -0.275 e. The van der Waals surface area contributed by atoms with Crippen molar-refractivity contribution in [3.05, 3.63) is 34.4 Å². The Morgan fingerprint density at radius 2 is 1.83 bits per heavy atom. The molecule has 5 nitrogen and oxygen atoms in total. The molecule has 0 bridgehead atoms. The molecule has 1 heterocycles. The van der Waals surface area contributed by atoms with Crippen molar-refractivity contribution in [2.24, 2.45) is 5.10 Å². The molecule has 0 aliphatic carbocycles. The fraction of sp³-hybridized carbons (Fsp3) is 0.308. The molecular formula is C13H15N3O2. The van der Waals surface area contributed by atoms with E-state index in [2.05, 4.69) is 22.6 Å². The second kappa shape index (κ2) is 4.60. The van der Waals surface area contributed by atoms with Crippen LogP contribution in [0.4, 0.5) is 4.79 Å². The second-order valence-corrected chi connectivity index (χ2v) is 4.47. The third-order valence-corrected chi connectivity index (χ3v) is 2.84. The Hall–Kier alpha value is -2.17. The van der Waals surface area contributed by atoms with Gasteiger partial charge in [-0.25, -0.2) is 9.80 Å². The van der Waals surface area contributed by atoms with Crippen molar-refractivity contribution in [3.8, 4) is 0 Å². The van der Waals surface area contributed by atoms with Crippen LogP contribution in [0.2, 0.25) is 0 Å². The van der Waals surface area contributed by atoms with Gasteiger partial charge in [-0.1, -0.05) is 17.7 Å². The molecule has 0 atom stereocenters. The lowest BCUT2D eigenvalue weighted by atomic mass is 10.0. The first-order valence-electron chi connectivity index (χ1n) is 5.70. The molecule has 0 saturated carbocycles. The van der Waals surface area contributed by atoms with E-state index in [4.69, 9.17) is 0 Å². The van der Waals surface area contributed by atoms with Gasteiger partial charge in [0, 0.05) is 5.56 Å². The molecule has 94 valence electrons. The van der Waals surface area contributed by atoms with Crippen molar-refractivity contribution in [2.45, 2.75) is 20.8 Å². The summed E-state index contributed by atoms with van der Waals surface area (Å²) in [5.74, 6) is -0.325. The first kappa shape index (κ1) is 12.3. The fourth-order valence-corrected chi connectivity index (χ4v) is 2.05. The Morgan fingerprint density at radius 1 is 1.22 bits per heavy atom. The second-order valence-electron chi connectivity index (χ2n) is 4.47. The zero-order valence-corrected chi connectivity index (χ0v) is 10.7. The van der Waals surface area contributed by atoms with Crippen molar-refractivity contribution in [1.29, 1.82) is 0 Å². The highest BCUT2D eigenvalue weighted by Gasteiger charge is 2.25. The number of rotatable bonds is 2. The molecular weight excluding hydrogens is 230 g/mol. The fourth-order valence-electron chi connectivity index (χ4n) is 2.05. The molecule has 1 saturated heterocycles. The van der Waals surface area contributed by atoms with E-state index < -0.39 is 6.03 Å². The van der Waals surface area contributed by atoms with Crippen LogP contribution in [-0.2, 0) is 4.79 Å². The van der Waals surface area contributed by atoms with Crippen LogP contribution in [0.25, 0.3) is 0 Å². The SMILES string of the molecule is Cc1cc(C)c(C=NN2CC(=O)NC2=O)c(C)c1. The van der Waals surface area contributed by atoms with Gasteiger partial charge in [0.25, 0.3) is 0 Å². The average molecular weight is 245 g/mol. The van der Waals surface area contributed by atoms with Gasteiger partial charge >= 0.3 is 6.03 Å². The van der Waals surface area contributed by atoms with Crippen molar-refractivity contribution in [2.75, 3.05) is 6.54 Å². The zero-order valence-electron chi connectivity index (χ0n) is 10.7. The molecule has 0 unspecified atom stereocenters. The summed E-state index contributed by atoms with van der Waals surface area (Å²) in [5.41, 5.74) is 4.37. The number of carbonyl (C=O) groups excluding carboxylic acids is 2. The van der Waals surface area contributed by atoms with Gasteiger partial charge < -0.3 is 0 Å². The highest BCUT2D eigenvalue weighted by Crippen LogP contribution is 2.14. The van der Waals surface area contributed by atoms with E-state index in [1.807, 2.05) is 20.8 Å². The number of aryl methyl sites for hydroxylation is 3. The van der Waals surface area contributed by atoms with E-state index in [1.165, 1.54) is 5.56 Å². The number of benzene rings is 1. The van der Waals surface area contributed by atoms with Crippen LogP contribution in [0, 0.1) is 20.8 Å². The predicted molar refractivity (Wildman–Crippen MR) is 68.5 cm³/mol. The molecule has 1 N–H and O–H groups in total. The van der Waals surface area contributed by atoms with E-state index in [-0.39, 0.29) is 12.5 Å². The van der Waals surface area contributed by atoms with Crippen LogP contribution in [0.3, 0.4) is 0 Å². The number of urea groups is 1. The van der Waals surface area contributed by atoms with Crippen LogP contribution in [0.15, 0.2) is 17.2 Å². The largest absolute Gasteiger partial charge is 0.344 e. The molecule has 1 aliphatic rings. The number of amides is 3. The van der Waals surface area contributed by atoms with E-state index >= 15 is 0 Å². The number of carbonyl (C=O) groups is 2. The van der Waals surface area contributed by atoms with Crippen molar-refractivity contribution >= 4 is 18.2 Å². The van der Waals surface area contributed by atoms with Gasteiger partial charge in [-0.2, -0.15) is 5.10 Å². The summed E-state index contributed by atoms with van der Waals surface area (Å²) < 4.78 is 0. The Kier molecular flexibility index (Phi) is 3.14. The quantitative estimate of drug-likeness (QED) is 0.634. The third kappa shape index (κ3) is 2.40. The van der Waals surface area contributed by atoms with Gasteiger partial charge in [-0.15, -0.1) is 0 Å². The zero-order chi connectivity index (χ0) is 13.3. The van der Waals surface area contributed by atoms with Crippen LogP contribution in [0.1, 0.15) is 22.3 Å². The molecule has 1 aliphatic heterocycles. The average Bonchev–Trinajstić information content (AvgIpc) is 2.55. The molecule has 18 heavy (non-hydrogen) atoms. The van der Waals surface area contributed by atoms with Gasteiger partial charge in [0.05, 0.1) is 6.21 Å². The van der Waals surface area contributed by atoms with Gasteiger partial charge in [0.1, 0.15) is 6.54 Å². The minimum absolute atomic E-state index is 0.0146. The monoisotopic (exact) mass is 245 g/mol. The minimum atomic E-state index is -0.473. The lowest BCUT2D eigenvalue weighted by molar-refractivity contribution is -0.118. The van der Waals surface area contributed by atoms with Crippen LogP contribution in [-0.4, -0.2) is 29.7 Å². The van der Waals surface area contributed by atoms with Crippen molar-refractivity contribution in [3.63, 3.8) is 0 Å². The lowest BCUT2D eigenvalue weighted by Gasteiger charge is -2.08. The first-order chi connectivity index (χ1) is 8.47. The normalized spacial score (nSPS) is 15.6. The number of nitrogens with zero attached hydrogens (tertiary/aromatic N) is 2. The molecule has 1 aromatic rings. The summed E-state index contributed by atoms with van der Waals surface area (Å²) in [6.07, 6.45) is 1.63. The number of hydrogen-bond donors (Lipinski definition) is 1. The van der Waals surface area contributed by atoms with E-state index in [0.29, 0.717) is 0 Å². The smallest absolute Gasteiger partial charge is 0.275 e. The summed E-state index contributed by atoms with van der Waals surface area (Å²) in [4.78, 5) is 22.3. The topological polar surface area (TPSA) is 61.8 Å². The van der Waals surface area contributed by atoms with E-state index in [1.54, 1.807) is 6.21 Å². The van der Waals surface area contributed by atoms with Gasteiger partial charge in [0.2, 0.25) is 5.91 Å². The Labute approximate surface area is 105 Å². The molecule has 1 fully saturated rings. The number of hydrazone groups is 1. The number of nitrogens with one attached hydrogen (secondary N) is 1. The van der Waals surface area contributed by atoms with E-state index in [9.17, 15) is 9.59 Å². The van der Waals surface area contributed by atoms with Gasteiger partial charge in [0.15, 0.2) is 0 Å². The standard InChI is InChI=1S/C13H15N3O2/c1-8-4-9(2)11(10(3)5-8)6-14-16-7-12(17)15-13(16)18/h4-6H,7H2,1-3H3,(H,15,17,18). The summed E-state index contributed by atoms with van der Waals surface area (Å²) in [5, 5.41) is 7.35. The molecule has 5 heteroatoms. The first-order valence-corrected chi connectivity index (χ1v) is 5.70. The molecule has 0 radical (unpaired) electrons. The molecule has 0 spiro atoms. The van der Waals surface area contributed by atoms with Gasteiger partial charge in [-0.05, 0) is 31.9 Å². The predicted octanol–water partition coefficient (Wildman–Crippen LogP) is 1.50. The summed E-state index contributed by atoms with van der Waals surface area (Å²) in [7, 11) is 0. The number of hydrogen-bond acceptors (Lipinski definition) is 3. The van der Waals surface area contributed by atoms with Crippen molar-refractivity contribution in [1.82, 2.24) is 10.3 Å². The summed E-state index contributed by atoms with van der Waals surface area (Å²) >= 11 is 0. The summed E-state index contributed by atoms with van der Waals surface area (Å²) in [6.45, 7) is 6.01. The Bertz CT molecular complexity index is 526. The lowest BCUT2D eigenvalue weighted by Crippen LogP contribution is -2.24. The highest BCUT2D eigenvalue weighted by molar-refractivity contribution is 6.02. The maximum absolute atomic E-state index is 11.3. The summed E-state index contributed by atoms with van der Waals surface area (Å²) in [6, 6.07) is 3.64. The molecule has 0 aromatic heterocycles. The molecule has 1 aromatic carbocycles. The third-order valence-electron chi connectivity index (χ3n) is 2.84. The maximum Gasteiger partial charge on any atom is 0.344 e. The van der Waals surface area contributed by atoms with E-state index in [0.717, 1.165) is 21.7 Å². The van der Waals surface area contributed by atoms with Crippen molar-refractivity contribution < 1.29 is 9.59 Å². The number of imide groups is 1.